The van der Waals surface area contributed by atoms with Crippen LogP contribution in [0.3, 0.4) is 0 Å². The average Bonchev–Trinajstić information content (AvgIpc) is 2.53. The van der Waals surface area contributed by atoms with Crippen LogP contribution in [0.2, 0.25) is 0 Å². The zero-order chi connectivity index (χ0) is 13.9. The monoisotopic (exact) mass is 265 g/mol. The number of hydrogen-bond acceptors (Lipinski definition) is 3. The van der Waals surface area contributed by atoms with Gasteiger partial charge in [-0.15, -0.1) is 0 Å². The van der Waals surface area contributed by atoms with Gasteiger partial charge in [0, 0.05) is 23.3 Å². The van der Waals surface area contributed by atoms with Crippen LogP contribution >= 0.6 is 0 Å². The number of aromatic nitrogens is 1. The summed E-state index contributed by atoms with van der Waals surface area (Å²) in [7, 11) is 1.62. The Morgan fingerprint density at radius 3 is 2.75 bits per heavy atom. The topological polar surface area (TPSA) is 42.4 Å². The first-order chi connectivity index (χ1) is 9.79. The highest BCUT2D eigenvalue weighted by Gasteiger charge is 2.14. The van der Waals surface area contributed by atoms with Gasteiger partial charge in [0.15, 0.2) is 0 Å². The van der Waals surface area contributed by atoms with Gasteiger partial charge in [-0.1, -0.05) is 36.4 Å². The molecule has 0 saturated carbocycles. The molecule has 20 heavy (non-hydrogen) atoms. The van der Waals surface area contributed by atoms with E-state index in [1.165, 1.54) is 0 Å². The molecule has 2 aromatic carbocycles. The third kappa shape index (κ3) is 2.24. The maximum Gasteiger partial charge on any atom is 0.119 e. The Morgan fingerprint density at radius 1 is 1.05 bits per heavy atom. The Morgan fingerprint density at radius 2 is 1.90 bits per heavy atom. The minimum atomic E-state index is -0.719. The van der Waals surface area contributed by atoms with Crippen molar-refractivity contribution in [3.63, 3.8) is 0 Å². The molecule has 0 aliphatic heterocycles. The molecular formula is C17H15NO2. The second-order valence-corrected chi connectivity index (χ2v) is 4.63. The molecule has 0 aliphatic rings. The third-order valence-electron chi connectivity index (χ3n) is 3.40. The molecule has 0 amide bonds. The molecular weight excluding hydrogens is 250 g/mol. The summed E-state index contributed by atoms with van der Waals surface area (Å²) in [6.45, 7) is 0. The number of benzene rings is 2. The number of pyridine rings is 1. The summed E-state index contributed by atoms with van der Waals surface area (Å²) in [6, 6.07) is 15.4. The van der Waals surface area contributed by atoms with Gasteiger partial charge in [0.2, 0.25) is 0 Å². The average molecular weight is 265 g/mol. The number of rotatable bonds is 3. The fourth-order valence-corrected chi connectivity index (χ4v) is 2.35. The van der Waals surface area contributed by atoms with Crippen molar-refractivity contribution < 1.29 is 9.84 Å². The summed E-state index contributed by atoms with van der Waals surface area (Å²) in [5, 5.41) is 12.6. The molecule has 1 aromatic heterocycles. The summed E-state index contributed by atoms with van der Waals surface area (Å²) >= 11 is 0. The number of nitrogens with zero attached hydrogens (tertiary/aromatic N) is 1. The van der Waals surface area contributed by atoms with Crippen LogP contribution < -0.4 is 4.74 Å². The first-order valence-corrected chi connectivity index (χ1v) is 6.44. The van der Waals surface area contributed by atoms with E-state index >= 15 is 0 Å². The van der Waals surface area contributed by atoms with Crippen LogP contribution in [0, 0.1) is 0 Å². The summed E-state index contributed by atoms with van der Waals surface area (Å²) in [6.07, 6.45) is 2.80. The lowest BCUT2D eigenvalue weighted by Gasteiger charge is -2.14. The zero-order valence-corrected chi connectivity index (χ0v) is 11.2. The van der Waals surface area contributed by atoms with E-state index in [1.54, 1.807) is 19.5 Å². The number of aliphatic hydroxyl groups excluding tert-OH is 1. The summed E-state index contributed by atoms with van der Waals surface area (Å²) < 4.78 is 5.20. The second-order valence-electron chi connectivity index (χ2n) is 4.63. The van der Waals surface area contributed by atoms with Gasteiger partial charge < -0.3 is 9.84 Å². The van der Waals surface area contributed by atoms with Gasteiger partial charge in [0.25, 0.3) is 0 Å². The molecule has 0 aliphatic carbocycles. The third-order valence-corrected chi connectivity index (χ3v) is 3.40. The lowest BCUT2D eigenvalue weighted by Crippen LogP contribution is -2.01. The maximum atomic E-state index is 10.6. The SMILES string of the molecule is COc1cccc(C(O)c2cncc3ccccc23)c1. The van der Waals surface area contributed by atoms with E-state index in [2.05, 4.69) is 4.98 Å². The van der Waals surface area contributed by atoms with Crippen molar-refractivity contribution in [1.82, 2.24) is 4.98 Å². The zero-order valence-electron chi connectivity index (χ0n) is 11.2. The summed E-state index contributed by atoms with van der Waals surface area (Å²) in [5.41, 5.74) is 1.60. The van der Waals surface area contributed by atoms with Crippen LogP contribution in [0.15, 0.2) is 60.9 Å². The first kappa shape index (κ1) is 12.6. The van der Waals surface area contributed by atoms with E-state index in [9.17, 15) is 5.11 Å². The van der Waals surface area contributed by atoms with Crippen molar-refractivity contribution in [3.05, 3.63) is 72.1 Å². The molecule has 0 spiro atoms. The van der Waals surface area contributed by atoms with Crippen LogP contribution in [-0.2, 0) is 0 Å². The predicted octanol–water partition coefficient (Wildman–Crippen LogP) is 3.33. The molecule has 1 N–H and O–H groups in total. The minimum Gasteiger partial charge on any atom is -0.497 e. The fraction of sp³-hybridized carbons (Fsp3) is 0.118. The van der Waals surface area contributed by atoms with E-state index < -0.39 is 6.10 Å². The van der Waals surface area contributed by atoms with Gasteiger partial charge in [0.1, 0.15) is 11.9 Å². The van der Waals surface area contributed by atoms with Gasteiger partial charge in [-0.2, -0.15) is 0 Å². The van der Waals surface area contributed by atoms with E-state index in [-0.39, 0.29) is 0 Å². The molecule has 0 bridgehead atoms. The van der Waals surface area contributed by atoms with Crippen molar-refractivity contribution in [2.24, 2.45) is 0 Å². The van der Waals surface area contributed by atoms with E-state index in [4.69, 9.17) is 4.74 Å². The Labute approximate surface area is 117 Å². The number of aliphatic hydroxyl groups is 1. The van der Waals surface area contributed by atoms with Crippen molar-refractivity contribution in [3.8, 4) is 5.75 Å². The lowest BCUT2D eigenvalue weighted by molar-refractivity contribution is 0.221. The van der Waals surface area contributed by atoms with Crippen LogP contribution in [0.1, 0.15) is 17.2 Å². The van der Waals surface area contributed by atoms with Gasteiger partial charge in [0.05, 0.1) is 7.11 Å². The number of methoxy groups -OCH3 is 1. The van der Waals surface area contributed by atoms with E-state index in [0.29, 0.717) is 0 Å². The predicted molar refractivity (Wildman–Crippen MR) is 78.8 cm³/mol. The van der Waals surface area contributed by atoms with Crippen LogP contribution in [0.25, 0.3) is 10.8 Å². The molecule has 1 unspecified atom stereocenters. The van der Waals surface area contributed by atoms with Crippen LogP contribution in [-0.4, -0.2) is 17.2 Å². The Balaban J connectivity index is 2.10. The molecule has 0 saturated heterocycles. The highest BCUT2D eigenvalue weighted by molar-refractivity contribution is 5.85. The molecule has 0 radical (unpaired) electrons. The van der Waals surface area contributed by atoms with Gasteiger partial charge in [-0.05, 0) is 23.1 Å². The van der Waals surface area contributed by atoms with Crippen molar-refractivity contribution in [2.45, 2.75) is 6.10 Å². The lowest BCUT2D eigenvalue weighted by atomic mass is 9.98. The minimum absolute atomic E-state index is 0.719. The van der Waals surface area contributed by atoms with Crippen molar-refractivity contribution >= 4 is 10.8 Å². The van der Waals surface area contributed by atoms with Crippen LogP contribution in [0.4, 0.5) is 0 Å². The number of hydrogen-bond donors (Lipinski definition) is 1. The van der Waals surface area contributed by atoms with Crippen molar-refractivity contribution in [1.29, 1.82) is 0 Å². The Bertz CT molecular complexity index is 734. The van der Waals surface area contributed by atoms with Gasteiger partial charge >= 0.3 is 0 Å². The Hall–Kier alpha value is -2.39. The molecule has 100 valence electrons. The van der Waals surface area contributed by atoms with Gasteiger partial charge in [-0.3, -0.25) is 4.98 Å². The smallest absolute Gasteiger partial charge is 0.119 e. The standard InChI is InChI=1S/C17H15NO2/c1-20-14-7-4-6-12(9-14)17(19)16-11-18-10-13-5-2-3-8-15(13)16/h2-11,17,19H,1H3. The molecule has 0 fully saturated rings. The van der Waals surface area contributed by atoms with E-state index in [0.717, 1.165) is 27.6 Å². The Kier molecular flexibility index (Phi) is 3.35. The van der Waals surface area contributed by atoms with Gasteiger partial charge in [-0.25, -0.2) is 0 Å². The summed E-state index contributed by atoms with van der Waals surface area (Å²) in [4.78, 5) is 4.21. The molecule has 1 atom stereocenters. The van der Waals surface area contributed by atoms with Crippen LogP contribution in [0.5, 0.6) is 5.75 Å². The number of fused-ring (bicyclic) bond motifs is 1. The van der Waals surface area contributed by atoms with E-state index in [1.807, 2.05) is 48.5 Å². The quantitative estimate of drug-likeness (QED) is 0.790. The fourth-order valence-electron chi connectivity index (χ4n) is 2.35. The number of ether oxygens (including phenoxy) is 1. The maximum absolute atomic E-state index is 10.6. The molecule has 3 rings (SSSR count). The largest absolute Gasteiger partial charge is 0.497 e. The normalized spacial score (nSPS) is 12.3. The highest BCUT2D eigenvalue weighted by Crippen LogP contribution is 2.29. The summed E-state index contributed by atoms with van der Waals surface area (Å²) in [5.74, 6) is 0.731. The first-order valence-electron chi connectivity index (χ1n) is 6.44. The molecule has 3 heteroatoms. The second kappa shape index (κ2) is 5.31. The molecule has 3 aromatic rings. The molecule has 3 nitrogen and oxygen atoms in total. The van der Waals surface area contributed by atoms with Crippen molar-refractivity contribution in [2.75, 3.05) is 7.11 Å². The highest BCUT2D eigenvalue weighted by atomic mass is 16.5. The molecule has 1 heterocycles.